The van der Waals surface area contributed by atoms with Crippen molar-refractivity contribution in [3.05, 3.63) is 114 Å². The summed E-state index contributed by atoms with van der Waals surface area (Å²) >= 11 is 0. The van der Waals surface area contributed by atoms with Gasteiger partial charge in [-0.25, -0.2) is 4.98 Å². The molecule has 2 aromatic carbocycles. The van der Waals surface area contributed by atoms with Crippen LogP contribution in [0.15, 0.2) is 97.5 Å². The van der Waals surface area contributed by atoms with Gasteiger partial charge in [0.25, 0.3) is 0 Å². The van der Waals surface area contributed by atoms with E-state index >= 15 is 0 Å². The van der Waals surface area contributed by atoms with Crippen LogP contribution in [0.2, 0.25) is 0 Å². The third-order valence-corrected chi connectivity index (χ3v) is 6.24. The maximum atomic E-state index is 12.1. The first-order valence-corrected chi connectivity index (χ1v) is 15.1. The van der Waals surface area contributed by atoms with Gasteiger partial charge in [0.2, 0.25) is 11.8 Å². The van der Waals surface area contributed by atoms with Crippen molar-refractivity contribution in [3.8, 4) is 17.2 Å². The molecule has 1 atom stereocenters. The van der Waals surface area contributed by atoms with E-state index in [0.29, 0.717) is 18.2 Å². The molecule has 4 aromatic rings. The number of carbonyl (C=O) groups excluding carboxylic acids is 2. The molecule has 2 heterocycles. The Morgan fingerprint density at radius 3 is 2.11 bits per heavy atom. The lowest BCUT2D eigenvalue weighted by Crippen LogP contribution is -2.23. The normalized spacial score (nSPS) is 10.4. The lowest BCUT2D eigenvalue weighted by Gasteiger charge is -2.10. The first-order chi connectivity index (χ1) is 21.8. The predicted octanol–water partition coefficient (Wildman–Crippen LogP) is 6.36. The highest BCUT2D eigenvalue weighted by molar-refractivity contribution is 5.91. The average Bonchev–Trinajstić information content (AvgIpc) is 3.55. The summed E-state index contributed by atoms with van der Waals surface area (Å²) in [6.45, 7) is 11.3. The van der Waals surface area contributed by atoms with Crippen LogP contribution in [0.25, 0.3) is 11.1 Å². The zero-order valence-electron chi connectivity index (χ0n) is 27.5. The molecule has 9 nitrogen and oxygen atoms in total. The van der Waals surface area contributed by atoms with Crippen molar-refractivity contribution in [2.45, 2.75) is 53.5 Å². The predicted molar refractivity (Wildman–Crippen MR) is 184 cm³/mol. The number of pyridine rings is 1. The fourth-order valence-corrected chi connectivity index (χ4v) is 3.74. The van der Waals surface area contributed by atoms with Gasteiger partial charge in [-0.3, -0.25) is 14.3 Å². The fourth-order valence-electron chi connectivity index (χ4n) is 3.74. The SMILES string of the molecule is C/C=C\C.CC.CNC(=O)Cn1cc(-c2ccc(NC(=O)Cc3ccccc3)nc2)cn1.CNCC(C)c1ccc(C#N)cc1. The molecular weight excluding hydrogens is 562 g/mol. The molecule has 2 aromatic heterocycles. The minimum atomic E-state index is -0.116. The summed E-state index contributed by atoms with van der Waals surface area (Å²) < 4.78 is 1.56. The number of likely N-dealkylation sites (N-methyl/N-ethyl adjacent to an activating group) is 2. The monoisotopic (exact) mass is 609 g/mol. The third kappa shape index (κ3) is 14.8. The standard InChI is InChI=1S/C19H19N5O2.C11H14N2.C4H8.C2H6/c1-20-19(26)13-24-12-16(11-22-24)15-7-8-17(21-10-15)23-18(25)9-14-5-3-2-4-6-14;1-9(8-13-2)11-5-3-10(7-12)4-6-11;1-3-4-2;1-2/h2-8,10-12H,9,13H2,1H3,(H,20,26)(H,21,23,25);3-6,9,13H,8H2,1-2H3;3-4H,1-2H3;1-2H3/b;;4-3-;. The minimum absolute atomic E-state index is 0.116. The molecule has 0 radical (unpaired) electrons. The summed E-state index contributed by atoms with van der Waals surface area (Å²) in [6.07, 6.45) is 9.42. The fraction of sp³-hybridized carbons (Fsp3) is 0.306. The number of nitrogens with zero attached hydrogens (tertiary/aromatic N) is 4. The van der Waals surface area contributed by atoms with Crippen LogP contribution in [0.3, 0.4) is 0 Å². The molecule has 4 rings (SSSR count). The van der Waals surface area contributed by atoms with Crippen LogP contribution in [0.5, 0.6) is 0 Å². The molecule has 0 aliphatic carbocycles. The van der Waals surface area contributed by atoms with Crippen molar-refractivity contribution in [2.24, 2.45) is 0 Å². The van der Waals surface area contributed by atoms with Crippen molar-refractivity contribution in [1.29, 1.82) is 5.26 Å². The van der Waals surface area contributed by atoms with Crippen molar-refractivity contribution in [1.82, 2.24) is 25.4 Å². The van der Waals surface area contributed by atoms with E-state index in [1.807, 2.05) is 108 Å². The van der Waals surface area contributed by atoms with Crippen molar-refractivity contribution in [3.63, 3.8) is 0 Å². The molecule has 9 heteroatoms. The molecule has 0 fully saturated rings. The number of nitriles is 1. The first kappa shape index (κ1) is 38.0. The smallest absolute Gasteiger partial charge is 0.241 e. The van der Waals surface area contributed by atoms with Crippen LogP contribution in [-0.2, 0) is 22.6 Å². The molecule has 0 aliphatic heterocycles. The minimum Gasteiger partial charge on any atom is -0.358 e. The van der Waals surface area contributed by atoms with E-state index in [1.165, 1.54) is 5.56 Å². The maximum absolute atomic E-state index is 12.1. The van der Waals surface area contributed by atoms with E-state index in [0.717, 1.165) is 28.8 Å². The highest BCUT2D eigenvalue weighted by Crippen LogP contribution is 2.19. The highest BCUT2D eigenvalue weighted by Gasteiger charge is 2.08. The van der Waals surface area contributed by atoms with E-state index in [1.54, 1.807) is 36.4 Å². The lowest BCUT2D eigenvalue weighted by molar-refractivity contribution is -0.121. The third-order valence-electron chi connectivity index (χ3n) is 6.24. The van der Waals surface area contributed by atoms with Gasteiger partial charge < -0.3 is 16.0 Å². The zero-order chi connectivity index (χ0) is 33.5. The number of aromatic nitrogens is 3. The Balaban J connectivity index is 0.000000445. The zero-order valence-corrected chi connectivity index (χ0v) is 27.5. The molecule has 0 saturated carbocycles. The van der Waals surface area contributed by atoms with E-state index in [-0.39, 0.29) is 18.4 Å². The molecule has 2 amide bonds. The van der Waals surface area contributed by atoms with E-state index in [4.69, 9.17) is 5.26 Å². The highest BCUT2D eigenvalue weighted by atomic mass is 16.2. The number of carbonyl (C=O) groups is 2. The van der Waals surface area contributed by atoms with Gasteiger partial charge in [-0.05, 0) is 62.2 Å². The second-order valence-electron chi connectivity index (χ2n) is 9.60. The number of rotatable bonds is 9. The second-order valence-corrected chi connectivity index (χ2v) is 9.60. The van der Waals surface area contributed by atoms with Gasteiger partial charge in [0.15, 0.2) is 0 Å². The largest absolute Gasteiger partial charge is 0.358 e. The number of benzene rings is 2. The molecule has 0 aliphatic rings. The average molecular weight is 610 g/mol. The van der Waals surface area contributed by atoms with Crippen LogP contribution < -0.4 is 16.0 Å². The molecule has 0 spiro atoms. The molecule has 0 bridgehead atoms. The van der Waals surface area contributed by atoms with Gasteiger partial charge in [0.05, 0.1) is 24.3 Å². The molecule has 45 heavy (non-hydrogen) atoms. The van der Waals surface area contributed by atoms with Crippen LogP contribution in [0.4, 0.5) is 5.82 Å². The summed E-state index contributed by atoms with van der Waals surface area (Å²) in [7, 11) is 3.53. The van der Waals surface area contributed by atoms with Gasteiger partial charge in [-0.1, -0.05) is 75.4 Å². The Morgan fingerprint density at radius 1 is 0.911 bits per heavy atom. The van der Waals surface area contributed by atoms with E-state index in [9.17, 15) is 9.59 Å². The van der Waals surface area contributed by atoms with E-state index in [2.05, 4.69) is 39.0 Å². The molecule has 0 saturated heterocycles. The Hall–Kier alpha value is -5.07. The number of allylic oxidation sites excluding steroid dienone is 2. The second kappa shape index (κ2) is 22.5. The topological polar surface area (TPSA) is 125 Å². The van der Waals surface area contributed by atoms with Crippen molar-refractivity contribution >= 4 is 17.6 Å². The first-order valence-electron chi connectivity index (χ1n) is 15.1. The number of amides is 2. The van der Waals surface area contributed by atoms with Gasteiger partial charge in [0.1, 0.15) is 12.4 Å². The summed E-state index contributed by atoms with van der Waals surface area (Å²) in [5.74, 6) is 0.759. The van der Waals surface area contributed by atoms with Gasteiger partial charge in [-0.15, -0.1) is 0 Å². The molecular formula is C36H47N7O2. The summed E-state index contributed by atoms with van der Waals surface area (Å²) in [5.41, 5.74) is 4.65. The summed E-state index contributed by atoms with van der Waals surface area (Å²) in [4.78, 5) is 27.7. The number of hydrogen-bond acceptors (Lipinski definition) is 6. The summed E-state index contributed by atoms with van der Waals surface area (Å²) in [5, 5.41) is 21.2. The summed E-state index contributed by atoms with van der Waals surface area (Å²) in [6, 6.07) is 23.0. The van der Waals surface area contributed by atoms with Gasteiger partial charge in [-0.2, -0.15) is 10.4 Å². The Morgan fingerprint density at radius 2 is 1.58 bits per heavy atom. The van der Waals surface area contributed by atoms with Crippen molar-refractivity contribution in [2.75, 3.05) is 26.0 Å². The Kier molecular flexibility index (Phi) is 18.9. The lowest BCUT2D eigenvalue weighted by atomic mass is 10.0. The number of nitrogens with one attached hydrogen (secondary N) is 3. The van der Waals surface area contributed by atoms with Crippen LogP contribution in [0, 0.1) is 11.3 Å². The number of anilines is 1. The maximum Gasteiger partial charge on any atom is 0.241 e. The molecule has 3 N–H and O–H groups in total. The van der Waals surface area contributed by atoms with Crippen LogP contribution in [-0.4, -0.2) is 47.2 Å². The van der Waals surface area contributed by atoms with Crippen LogP contribution >= 0.6 is 0 Å². The van der Waals surface area contributed by atoms with Gasteiger partial charge in [0, 0.05) is 37.1 Å². The van der Waals surface area contributed by atoms with E-state index < -0.39 is 0 Å². The quantitative estimate of drug-likeness (QED) is 0.190. The molecule has 238 valence electrons. The van der Waals surface area contributed by atoms with Crippen LogP contribution in [0.1, 0.15) is 57.2 Å². The Labute approximate surface area is 268 Å². The van der Waals surface area contributed by atoms with Crippen molar-refractivity contribution < 1.29 is 9.59 Å². The number of hydrogen-bond donors (Lipinski definition) is 3. The Bertz CT molecular complexity index is 1450. The van der Waals surface area contributed by atoms with Gasteiger partial charge >= 0.3 is 0 Å². The molecule has 1 unspecified atom stereocenters.